The Hall–Kier alpha value is -2.05. The zero-order chi connectivity index (χ0) is 19.5. The van der Waals surface area contributed by atoms with E-state index in [0.717, 1.165) is 50.3 Å². The van der Waals surface area contributed by atoms with E-state index in [1.165, 1.54) is 13.1 Å². The zero-order valence-corrected chi connectivity index (χ0v) is 16.9. The van der Waals surface area contributed by atoms with E-state index >= 15 is 0 Å². The Morgan fingerprint density at radius 1 is 1.11 bits per heavy atom. The molecule has 1 aliphatic heterocycles. The van der Waals surface area contributed by atoms with Gasteiger partial charge in [-0.3, -0.25) is 4.79 Å². The molecule has 1 amide bonds. The van der Waals surface area contributed by atoms with Crippen LogP contribution in [0.25, 0.3) is 6.08 Å². The van der Waals surface area contributed by atoms with E-state index in [2.05, 4.69) is 22.0 Å². The summed E-state index contributed by atoms with van der Waals surface area (Å²) in [6, 6.07) is 5.51. The fraction of sp³-hybridized carbons (Fsp3) is 0.571. The summed E-state index contributed by atoms with van der Waals surface area (Å²) in [5.74, 6) is 1.36. The Morgan fingerprint density at radius 2 is 1.85 bits per heavy atom. The highest BCUT2D eigenvalue weighted by Gasteiger charge is 2.14. The first-order chi connectivity index (χ1) is 13.2. The van der Waals surface area contributed by atoms with Crippen LogP contribution in [0.15, 0.2) is 24.3 Å². The van der Waals surface area contributed by atoms with Gasteiger partial charge < -0.3 is 24.6 Å². The molecule has 6 nitrogen and oxygen atoms in total. The highest BCUT2D eigenvalue weighted by atomic mass is 16.5. The number of nitrogens with one attached hydrogen (secondary N) is 1. The first-order valence-electron chi connectivity index (χ1n) is 9.79. The first kappa shape index (κ1) is 21.3. The molecule has 27 heavy (non-hydrogen) atoms. The summed E-state index contributed by atoms with van der Waals surface area (Å²) in [5, 5.41) is 2.95. The Kier molecular flexibility index (Phi) is 9.15. The van der Waals surface area contributed by atoms with Gasteiger partial charge in [-0.25, -0.2) is 0 Å². The van der Waals surface area contributed by atoms with Crippen LogP contribution < -0.4 is 14.8 Å². The van der Waals surface area contributed by atoms with Crippen LogP contribution in [0.3, 0.4) is 0 Å². The number of nitrogens with zero attached hydrogens (tertiary/aromatic N) is 2. The lowest BCUT2D eigenvalue weighted by Crippen LogP contribution is -2.46. The van der Waals surface area contributed by atoms with Crippen molar-refractivity contribution in [2.45, 2.75) is 19.8 Å². The average Bonchev–Trinajstić information content (AvgIpc) is 2.72. The van der Waals surface area contributed by atoms with E-state index in [-0.39, 0.29) is 5.91 Å². The number of benzene rings is 1. The van der Waals surface area contributed by atoms with E-state index < -0.39 is 0 Å². The number of amides is 1. The Labute approximate surface area is 163 Å². The molecule has 0 atom stereocenters. The third kappa shape index (κ3) is 7.23. The van der Waals surface area contributed by atoms with Gasteiger partial charge in [0.2, 0.25) is 5.91 Å². The van der Waals surface area contributed by atoms with Crippen molar-refractivity contribution in [2.75, 3.05) is 60.0 Å². The summed E-state index contributed by atoms with van der Waals surface area (Å²) in [6.07, 6.45) is 5.40. The van der Waals surface area contributed by atoms with Crippen LogP contribution in [0, 0.1) is 0 Å². The van der Waals surface area contributed by atoms with Gasteiger partial charge in [-0.15, -0.1) is 0 Å². The molecule has 0 bridgehead atoms. The number of ether oxygens (including phenoxy) is 2. The molecular weight excluding hydrogens is 342 g/mol. The predicted octanol–water partition coefficient (Wildman–Crippen LogP) is 2.25. The van der Waals surface area contributed by atoms with Gasteiger partial charge in [-0.05, 0) is 50.2 Å². The number of rotatable bonds is 10. The topological polar surface area (TPSA) is 54.0 Å². The van der Waals surface area contributed by atoms with Crippen LogP contribution in [-0.2, 0) is 4.79 Å². The Morgan fingerprint density at radius 3 is 2.52 bits per heavy atom. The quantitative estimate of drug-likeness (QED) is 0.502. The number of hydrogen-bond acceptors (Lipinski definition) is 5. The van der Waals surface area contributed by atoms with Crippen LogP contribution in [0.1, 0.15) is 25.3 Å². The third-order valence-corrected chi connectivity index (χ3v) is 4.96. The van der Waals surface area contributed by atoms with Gasteiger partial charge in [-0.1, -0.05) is 6.92 Å². The van der Waals surface area contributed by atoms with Gasteiger partial charge in [-0.2, -0.15) is 0 Å². The van der Waals surface area contributed by atoms with Crippen molar-refractivity contribution in [3.05, 3.63) is 29.8 Å². The lowest BCUT2D eigenvalue weighted by atomic mass is 10.1. The van der Waals surface area contributed by atoms with E-state index in [0.29, 0.717) is 12.3 Å². The number of likely N-dealkylation sites (N-methyl/N-ethyl adjacent to an activating group) is 1. The maximum Gasteiger partial charge on any atom is 0.244 e. The van der Waals surface area contributed by atoms with E-state index in [4.69, 9.17) is 9.47 Å². The second-order valence-electron chi connectivity index (χ2n) is 6.72. The van der Waals surface area contributed by atoms with Crippen molar-refractivity contribution in [2.24, 2.45) is 0 Å². The predicted molar refractivity (Wildman–Crippen MR) is 109 cm³/mol. The number of unbranched alkanes of at least 4 members (excludes halogenated alkanes) is 1. The largest absolute Gasteiger partial charge is 0.497 e. The summed E-state index contributed by atoms with van der Waals surface area (Å²) in [7, 11) is 3.23. The normalized spacial score (nSPS) is 15.8. The number of carbonyl (C=O) groups excluding carboxylic acids is 1. The Balaban J connectivity index is 1.65. The van der Waals surface area contributed by atoms with Crippen LogP contribution >= 0.6 is 0 Å². The summed E-state index contributed by atoms with van der Waals surface area (Å²) in [4.78, 5) is 17.0. The van der Waals surface area contributed by atoms with Crippen LogP contribution in [0.5, 0.6) is 11.5 Å². The standard InChI is InChI=1S/C21H33N3O3/c1-4-23-13-15-24(16-14-23)12-6-5-11-22-21(25)10-7-18-17-19(26-2)8-9-20(18)27-3/h7-10,17H,4-6,11-16H2,1-3H3,(H,22,25)/b10-7+. The monoisotopic (exact) mass is 375 g/mol. The second kappa shape index (κ2) is 11.6. The average molecular weight is 376 g/mol. The number of piperazine rings is 1. The molecule has 1 N–H and O–H groups in total. The minimum Gasteiger partial charge on any atom is -0.497 e. The lowest BCUT2D eigenvalue weighted by Gasteiger charge is -2.33. The third-order valence-electron chi connectivity index (χ3n) is 4.96. The molecule has 150 valence electrons. The number of hydrogen-bond donors (Lipinski definition) is 1. The van der Waals surface area contributed by atoms with Crippen molar-refractivity contribution in [1.82, 2.24) is 15.1 Å². The first-order valence-corrected chi connectivity index (χ1v) is 9.79. The maximum absolute atomic E-state index is 12.0. The molecule has 0 radical (unpaired) electrons. The van der Waals surface area contributed by atoms with Crippen LogP contribution in [0.4, 0.5) is 0 Å². The molecular formula is C21H33N3O3. The molecule has 1 aromatic rings. The summed E-state index contributed by atoms with van der Waals surface area (Å²) in [6.45, 7) is 9.85. The molecule has 1 heterocycles. The summed E-state index contributed by atoms with van der Waals surface area (Å²) >= 11 is 0. The second-order valence-corrected chi connectivity index (χ2v) is 6.72. The molecule has 1 aliphatic rings. The van der Waals surface area contributed by atoms with Gasteiger partial charge in [0.1, 0.15) is 11.5 Å². The molecule has 0 aliphatic carbocycles. The SMILES string of the molecule is CCN1CCN(CCCCNC(=O)/C=C/c2cc(OC)ccc2OC)CC1. The van der Waals surface area contributed by atoms with Crippen molar-refractivity contribution in [3.8, 4) is 11.5 Å². The van der Waals surface area contributed by atoms with E-state index in [1.54, 1.807) is 26.4 Å². The summed E-state index contributed by atoms with van der Waals surface area (Å²) < 4.78 is 10.5. The number of methoxy groups -OCH3 is 2. The zero-order valence-electron chi connectivity index (χ0n) is 16.9. The molecule has 0 saturated carbocycles. The van der Waals surface area contributed by atoms with Gasteiger partial charge >= 0.3 is 0 Å². The molecule has 1 aromatic carbocycles. The fourth-order valence-corrected chi connectivity index (χ4v) is 3.20. The minimum atomic E-state index is -0.0866. The molecule has 0 spiro atoms. The fourth-order valence-electron chi connectivity index (χ4n) is 3.20. The molecule has 2 rings (SSSR count). The summed E-state index contributed by atoms with van der Waals surface area (Å²) in [5.41, 5.74) is 0.818. The van der Waals surface area contributed by atoms with E-state index in [1.807, 2.05) is 18.2 Å². The molecule has 1 saturated heterocycles. The highest BCUT2D eigenvalue weighted by Crippen LogP contribution is 2.24. The highest BCUT2D eigenvalue weighted by molar-refractivity contribution is 5.92. The van der Waals surface area contributed by atoms with Gasteiger partial charge in [0.05, 0.1) is 14.2 Å². The van der Waals surface area contributed by atoms with Gasteiger partial charge in [0.15, 0.2) is 0 Å². The van der Waals surface area contributed by atoms with Gasteiger partial charge in [0.25, 0.3) is 0 Å². The van der Waals surface area contributed by atoms with Crippen LogP contribution in [-0.4, -0.2) is 75.7 Å². The smallest absolute Gasteiger partial charge is 0.244 e. The molecule has 1 fully saturated rings. The maximum atomic E-state index is 12.0. The van der Waals surface area contributed by atoms with Crippen molar-refractivity contribution in [1.29, 1.82) is 0 Å². The number of carbonyl (C=O) groups is 1. The van der Waals surface area contributed by atoms with E-state index in [9.17, 15) is 4.79 Å². The van der Waals surface area contributed by atoms with Crippen molar-refractivity contribution in [3.63, 3.8) is 0 Å². The minimum absolute atomic E-state index is 0.0866. The molecule has 6 heteroatoms. The lowest BCUT2D eigenvalue weighted by molar-refractivity contribution is -0.116. The van der Waals surface area contributed by atoms with Crippen molar-refractivity contribution < 1.29 is 14.3 Å². The van der Waals surface area contributed by atoms with Gasteiger partial charge in [0, 0.05) is 44.4 Å². The Bertz CT molecular complexity index is 611. The van der Waals surface area contributed by atoms with Crippen molar-refractivity contribution >= 4 is 12.0 Å². The molecule has 0 unspecified atom stereocenters. The molecule has 0 aromatic heterocycles. The van der Waals surface area contributed by atoms with Crippen LogP contribution in [0.2, 0.25) is 0 Å².